The minimum Gasteiger partial charge on any atom is -0.481 e. The minimum absolute atomic E-state index is 0.205. The van der Waals surface area contributed by atoms with Crippen LogP contribution in [-0.4, -0.2) is 17.0 Å². The van der Waals surface area contributed by atoms with Gasteiger partial charge in [0.05, 0.1) is 11.8 Å². The molecule has 0 aliphatic heterocycles. The second kappa shape index (κ2) is 7.25. The molecule has 2 atom stereocenters. The Kier molecular flexibility index (Phi) is 5.36. The van der Waals surface area contributed by atoms with Gasteiger partial charge in [0.25, 0.3) is 0 Å². The summed E-state index contributed by atoms with van der Waals surface area (Å²) in [5.74, 6) is -2.24. The molecule has 2 unspecified atom stereocenters. The van der Waals surface area contributed by atoms with E-state index in [2.05, 4.69) is 12.2 Å². The molecule has 2 rings (SSSR count). The van der Waals surface area contributed by atoms with Crippen molar-refractivity contribution in [1.29, 1.82) is 0 Å². The van der Waals surface area contributed by atoms with Gasteiger partial charge >= 0.3 is 5.97 Å². The van der Waals surface area contributed by atoms with Crippen LogP contribution in [0.4, 0.5) is 5.69 Å². The molecule has 0 spiro atoms. The van der Waals surface area contributed by atoms with Gasteiger partial charge in [0, 0.05) is 5.69 Å². The van der Waals surface area contributed by atoms with E-state index in [1.807, 2.05) is 37.3 Å². The summed E-state index contributed by atoms with van der Waals surface area (Å²) in [7, 11) is 0. The third kappa shape index (κ3) is 3.97. The Balaban J connectivity index is 2.06. The van der Waals surface area contributed by atoms with Crippen molar-refractivity contribution in [2.75, 3.05) is 5.32 Å². The first-order valence-electron chi connectivity index (χ1n) is 7.79. The number of carbonyl (C=O) groups is 2. The molecule has 4 heteroatoms. The fourth-order valence-electron chi connectivity index (χ4n) is 2.89. The zero-order valence-electron chi connectivity index (χ0n) is 13.1. The fraction of sp³-hybridized carbons (Fsp3) is 0.444. The molecule has 1 aliphatic carbocycles. The van der Waals surface area contributed by atoms with Gasteiger partial charge in [0.1, 0.15) is 0 Å². The highest BCUT2D eigenvalue weighted by Crippen LogP contribution is 2.31. The maximum absolute atomic E-state index is 12.4. The third-order valence-corrected chi connectivity index (χ3v) is 4.16. The number of amides is 1. The molecule has 1 amide bonds. The summed E-state index contributed by atoms with van der Waals surface area (Å²) < 4.78 is 0. The average molecular weight is 301 g/mol. The number of carboxylic acids is 1. The molecule has 0 radical (unpaired) electrons. The first-order valence-corrected chi connectivity index (χ1v) is 7.79. The topological polar surface area (TPSA) is 66.4 Å². The Morgan fingerprint density at radius 2 is 1.91 bits per heavy atom. The standard InChI is InChI=1S/C18H23NO3/c1-3-4-13-6-8-14(9-7-13)19-17(20)16-11-12(2)5-10-15(16)18(21)22/h5-9,15-16H,3-4,10-11H2,1-2H3,(H,19,20)(H,21,22). The summed E-state index contributed by atoms with van der Waals surface area (Å²) in [6.07, 6.45) is 4.95. The summed E-state index contributed by atoms with van der Waals surface area (Å²) >= 11 is 0. The number of rotatable bonds is 5. The van der Waals surface area contributed by atoms with E-state index in [-0.39, 0.29) is 5.91 Å². The van der Waals surface area contributed by atoms with Crippen LogP contribution in [0.2, 0.25) is 0 Å². The van der Waals surface area contributed by atoms with E-state index in [0.717, 1.165) is 24.1 Å². The Hall–Kier alpha value is -2.10. The van der Waals surface area contributed by atoms with Crippen LogP contribution in [0, 0.1) is 11.8 Å². The van der Waals surface area contributed by atoms with Gasteiger partial charge in [-0.2, -0.15) is 0 Å². The van der Waals surface area contributed by atoms with Crippen molar-refractivity contribution in [3.63, 3.8) is 0 Å². The van der Waals surface area contributed by atoms with E-state index in [9.17, 15) is 14.7 Å². The van der Waals surface area contributed by atoms with E-state index in [1.165, 1.54) is 5.56 Å². The number of benzene rings is 1. The van der Waals surface area contributed by atoms with Crippen molar-refractivity contribution in [3.05, 3.63) is 41.5 Å². The van der Waals surface area contributed by atoms with Crippen LogP contribution in [0.1, 0.15) is 38.7 Å². The van der Waals surface area contributed by atoms with Crippen LogP contribution >= 0.6 is 0 Å². The number of nitrogens with one attached hydrogen (secondary N) is 1. The van der Waals surface area contributed by atoms with Crippen LogP contribution in [0.3, 0.4) is 0 Å². The summed E-state index contributed by atoms with van der Waals surface area (Å²) in [6.45, 7) is 4.07. The molecule has 1 aromatic rings. The molecule has 0 saturated carbocycles. The highest BCUT2D eigenvalue weighted by molar-refractivity contribution is 5.95. The molecule has 0 saturated heterocycles. The predicted octanol–water partition coefficient (Wildman–Crippen LogP) is 3.63. The lowest BCUT2D eigenvalue weighted by molar-refractivity contribution is -0.146. The number of aliphatic carboxylic acids is 1. The summed E-state index contributed by atoms with van der Waals surface area (Å²) in [4.78, 5) is 23.8. The third-order valence-electron chi connectivity index (χ3n) is 4.16. The van der Waals surface area contributed by atoms with Gasteiger partial charge in [0.2, 0.25) is 5.91 Å². The number of hydrogen-bond donors (Lipinski definition) is 2. The maximum Gasteiger partial charge on any atom is 0.307 e. The zero-order valence-corrected chi connectivity index (χ0v) is 13.1. The van der Waals surface area contributed by atoms with Gasteiger partial charge in [-0.1, -0.05) is 37.1 Å². The number of hydrogen-bond acceptors (Lipinski definition) is 2. The summed E-state index contributed by atoms with van der Waals surface area (Å²) in [5.41, 5.74) is 3.04. The molecule has 0 fully saturated rings. The van der Waals surface area contributed by atoms with Crippen molar-refractivity contribution < 1.29 is 14.7 Å². The molecule has 4 nitrogen and oxygen atoms in total. The molecule has 0 aromatic heterocycles. The maximum atomic E-state index is 12.4. The molecular formula is C18H23NO3. The van der Waals surface area contributed by atoms with E-state index in [0.29, 0.717) is 12.8 Å². The largest absolute Gasteiger partial charge is 0.481 e. The second-order valence-corrected chi connectivity index (χ2v) is 5.98. The molecule has 1 aromatic carbocycles. The number of aryl methyl sites for hydroxylation is 1. The predicted molar refractivity (Wildman–Crippen MR) is 86.7 cm³/mol. The molecule has 0 bridgehead atoms. The van der Waals surface area contributed by atoms with Crippen LogP contribution < -0.4 is 5.32 Å². The summed E-state index contributed by atoms with van der Waals surface area (Å²) in [5, 5.41) is 12.2. The second-order valence-electron chi connectivity index (χ2n) is 5.98. The average Bonchev–Trinajstić information content (AvgIpc) is 2.49. The Morgan fingerprint density at radius 1 is 1.23 bits per heavy atom. The van der Waals surface area contributed by atoms with Gasteiger partial charge in [-0.15, -0.1) is 0 Å². The number of anilines is 1. The lowest BCUT2D eigenvalue weighted by Crippen LogP contribution is -2.35. The molecule has 2 N–H and O–H groups in total. The quantitative estimate of drug-likeness (QED) is 0.816. The molecular weight excluding hydrogens is 278 g/mol. The lowest BCUT2D eigenvalue weighted by atomic mass is 9.79. The van der Waals surface area contributed by atoms with Crippen LogP contribution in [-0.2, 0) is 16.0 Å². The van der Waals surface area contributed by atoms with Crippen LogP contribution in [0.25, 0.3) is 0 Å². The number of allylic oxidation sites excluding steroid dienone is 2. The van der Waals surface area contributed by atoms with E-state index in [1.54, 1.807) is 0 Å². The van der Waals surface area contributed by atoms with Crippen molar-refractivity contribution >= 4 is 17.6 Å². The van der Waals surface area contributed by atoms with E-state index >= 15 is 0 Å². The zero-order chi connectivity index (χ0) is 16.1. The Morgan fingerprint density at radius 3 is 2.50 bits per heavy atom. The van der Waals surface area contributed by atoms with Gasteiger partial charge in [-0.25, -0.2) is 0 Å². The number of carbonyl (C=O) groups excluding carboxylic acids is 1. The van der Waals surface area contributed by atoms with Crippen molar-refractivity contribution in [2.45, 2.75) is 39.5 Å². The molecule has 22 heavy (non-hydrogen) atoms. The van der Waals surface area contributed by atoms with E-state index < -0.39 is 17.8 Å². The highest BCUT2D eigenvalue weighted by Gasteiger charge is 2.35. The van der Waals surface area contributed by atoms with Gasteiger partial charge in [0.15, 0.2) is 0 Å². The van der Waals surface area contributed by atoms with E-state index in [4.69, 9.17) is 0 Å². The minimum atomic E-state index is -0.901. The molecule has 1 aliphatic rings. The van der Waals surface area contributed by atoms with Gasteiger partial charge in [-0.3, -0.25) is 9.59 Å². The normalized spacial score (nSPS) is 21.1. The summed E-state index contributed by atoms with van der Waals surface area (Å²) in [6, 6.07) is 7.76. The highest BCUT2D eigenvalue weighted by atomic mass is 16.4. The first-order chi connectivity index (χ1) is 10.5. The smallest absolute Gasteiger partial charge is 0.307 e. The Bertz CT molecular complexity index is 574. The monoisotopic (exact) mass is 301 g/mol. The van der Waals surface area contributed by atoms with Crippen LogP contribution in [0.5, 0.6) is 0 Å². The van der Waals surface area contributed by atoms with Gasteiger partial charge < -0.3 is 10.4 Å². The lowest BCUT2D eigenvalue weighted by Gasteiger charge is -2.26. The SMILES string of the molecule is CCCc1ccc(NC(=O)C2CC(C)=CCC2C(=O)O)cc1. The van der Waals surface area contributed by atoms with Gasteiger partial charge in [-0.05, 0) is 43.9 Å². The first kappa shape index (κ1) is 16.3. The number of carboxylic acid groups (broad SMARTS) is 1. The van der Waals surface area contributed by atoms with Crippen molar-refractivity contribution in [1.82, 2.24) is 0 Å². The van der Waals surface area contributed by atoms with Crippen LogP contribution in [0.15, 0.2) is 35.9 Å². The van der Waals surface area contributed by atoms with Crippen molar-refractivity contribution in [2.24, 2.45) is 11.8 Å². The Labute approximate surface area is 131 Å². The molecule has 0 heterocycles. The fourth-order valence-corrected chi connectivity index (χ4v) is 2.89. The molecule has 118 valence electrons. The van der Waals surface area contributed by atoms with Crippen molar-refractivity contribution in [3.8, 4) is 0 Å².